The van der Waals surface area contributed by atoms with E-state index < -0.39 is 0 Å². The van der Waals surface area contributed by atoms with Crippen LogP contribution in [0.2, 0.25) is 0 Å². The topological polar surface area (TPSA) is 46.3 Å². The SMILES string of the molecule is CCCN(CC1CC1)C(=O)CC1(N)CCCC1. The molecule has 2 fully saturated rings. The van der Waals surface area contributed by atoms with Gasteiger partial charge in [0.1, 0.15) is 0 Å². The molecule has 2 aliphatic rings. The number of carbonyl (C=O) groups is 1. The van der Waals surface area contributed by atoms with Crippen LogP contribution in [0.4, 0.5) is 0 Å². The van der Waals surface area contributed by atoms with Crippen molar-refractivity contribution in [3.63, 3.8) is 0 Å². The average molecular weight is 238 g/mol. The third-order valence-electron chi connectivity index (χ3n) is 4.12. The molecule has 0 atom stereocenters. The van der Waals surface area contributed by atoms with Crippen molar-refractivity contribution in [2.45, 2.75) is 63.8 Å². The Morgan fingerprint density at radius 1 is 1.35 bits per heavy atom. The molecule has 1 amide bonds. The van der Waals surface area contributed by atoms with Crippen LogP contribution in [0.25, 0.3) is 0 Å². The molecule has 2 aliphatic carbocycles. The molecule has 0 heterocycles. The number of amides is 1. The second-order valence-electron chi connectivity index (χ2n) is 6.03. The Morgan fingerprint density at radius 3 is 2.53 bits per heavy atom. The van der Waals surface area contributed by atoms with Gasteiger partial charge in [-0.2, -0.15) is 0 Å². The smallest absolute Gasteiger partial charge is 0.224 e. The van der Waals surface area contributed by atoms with Gasteiger partial charge in [-0.05, 0) is 38.0 Å². The summed E-state index contributed by atoms with van der Waals surface area (Å²) in [6.45, 7) is 4.02. The lowest BCUT2D eigenvalue weighted by atomic mass is 9.94. The minimum atomic E-state index is -0.188. The molecule has 0 aromatic carbocycles. The molecular weight excluding hydrogens is 212 g/mol. The summed E-state index contributed by atoms with van der Waals surface area (Å²) in [7, 11) is 0. The largest absolute Gasteiger partial charge is 0.342 e. The first-order valence-corrected chi connectivity index (χ1v) is 7.19. The van der Waals surface area contributed by atoms with Crippen molar-refractivity contribution >= 4 is 5.91 Å². The van der Waals surface area contributed by atoms with Crippen LogP contribution in [-0.4, -0.2) is 29.4 Å². The lowest BCUT2D eigenvalue weighted by molar-refractivity contribution is -0.132. The van der Waals surface area contributed by atoms with Gasteiger partial charge in [-0.15, -0.1) is 0 Å². The molecule has 17 heavy (non-hydrogen) atoms. The number of hydrogen-bond acceptors (Lipinski definition) is 2. The van der Waals surface area contributed by atoms with E-state index in [1.54, 1.807) is 0 Å². The molecule has 0 spiro atoms. The van der Waals surface area contributed by atoms with Crippen LogP contribution in [-0.2, 0) is 4.79 Å². The van der Waals surface area contributed by atoms with Crippen LogP contribution in [0.3, 0.4) is 0 Å². The molecule has 0 saturated heterocycles. The summed E-state index contributed by atoms with van der Waals surface area (Å²) in [6, 6.07) is 0. The normalized spacial score (nSPS) is 22.7. The number of nitrogens with zero attached hydrogens (tertiary/aromatic N) is 1. The van der Waals surface area contributed by atoms with Gasteiger partial charge >= 0.3 is 0 Å². The quantitative estimate of drug-likeness (QED) is 0.771. The highest BCUT2D eigenvalue weighted by molar-refractivity contribution is 5.77. The first-order chi connectivity index (χ1) is 8.13. The van der Waals surface area contributed by atoms with Gasteiger partial charge in [0.15, 0.2) is 0 Å². The van der Waals surface area contributed by atoms with E-state index in [1.165, 1.54) is 25.7 Å². The van der Waals surface area contributed by atoms with Crippen LogP contribution in [0.5, 0.6) is 0 Å². The Balaban J connectivity index is 1.85. The Morgan fingerprint density at radius 2 is 2.00 bits per heavy atom. The fourth-order valence-electron chi connectivity index (χ4n) is 2.87. The maximum absolute atomic E-state index is 12.3. The van der Waals surface area contributed by atoms with E-state index in [2.05, 4.69) is 11.8 Å². The summed E-state index contributed by atoms with van der Waals surface area (Å²) in [6.07, 6.45) is 8.68. The number of rotatable bonds is 6. The second kappa shape index (κ2) is 5.38. The standard InChI is InChI=1S/C14H26N2O/c1-2-9-16(11-12-5-6-12)13(17)10-14(15)7-3-4-8-14/h12H,2-11,15H2,1H3. The van der Waals surface area contributed by atoms with Crippen molar-refractivity contribution in [1.29, 1.82) is 0 Å². The minimum Gasteiger partial charge on any atom is -0.342 e. The first-order valence-electron chi connectivity index (χ1n) is 7.19. The summed E-state index contributed by atoms with van der Waals surface area (Å²) in [5.41, 5.74) is 6.11. The molecule has 0 aromatic rings. The van der Waals surface area contributed by atoms with Crippen molar-refractivity contribution < 1.29 is 4.79 Å². The molecule has 0 aromatic heterocycles. The zero-order chi connectivity index (χ0) is 12.3. The molecule has 3 heteroatoms. The zero-order valence-electron chi connectivity index (χ0n) is 11.1. The van der Waals surface area contributed by atoms with E-state index in [9.17, 15) is 4.79 Å². The molecule has 3 nitrogen and oxygen atoms in total. The van der Waals surface area contributed by atoms with Crippen LogP contribution in [0, 0.1) is 5.92 Å². The third-order valence-corrected chi connectivity index (χ3v) is 4.12. The fraction of sp³-hybridized carbons (Fsp3) is 0.929. The molecule has 0 aliphatic heterocycles. The number of nitrogens with two attached hydrogens (primary N) is 1. The lowest BCUT2D eigenvalue weighted by Crippen LogP contribution is -2.44. The summed E-state index contributed by atoms with van der Waals surface area (Å²) >= 11 is 0. The highest BCUT2D eigenvalue weighted by Crippen LogP contribution is 2.32. The molecule has 2 saturated carbocycles. The van der Waals surface area contributed by atoms with E-state index in [0.717, 1.165) is 38.3 Å². The van der Waals surface area contributed by atoms with Crippen LogP contribution in [0.1, 0.15) is 58.3 Å². The predicted octanol–water partition coefficient (Wildman–Crippen LogP) is 2.30. The average Bonchev–Trinajstić information content (AvgIpc) is 3.00. The fourth-order valence-corrected chi connectivity index (χ4v) is 2.87. The summed E-state index contributed by atoms with van der Waals surface area (Å²) in [4.78, 5) is 14.4. The van der Waals surface area contributed by atoms with E-state index in [1.807, 2.05) is 0 Å². The Labute approximate surface area is 105 Å². The Bertz CT molecular complexity index is 267. The van der Waals surface area contributed by atoms with Crippen molar-refractivity contribution in [3.8, 4) is 0 Å². The van der Waals surface area contributed by atoms with Crippen LogP contribution in [0.15, 0.2) is 0 Å². The molecular formula is C14H26N2O. The van der Waals surface area contributed by atoms with Gasteiger partial charge in [0.2, 0.25) is 5.91 Å². The van der Waals surface area contributed by atoms with Gasteiger partial charge < -0.3 is 10.6 Å². The second-order valence-corrected chi connectivity index (χ2v) is 6.03. The molecule has 0 radical (unpaired) electrons. The molecule has 98 valence electrons. The number of carbonyl (C=O) groups excluding carboxylic acids is 1. The minimum absolute atomic E-state index is 0.188. The van der Waals surface area contributed by atoms with E-state index in [0.29, 0.717) is 12.3 Å². The van der Waals surface area contributed by atoms with Crippen LogP contribution >= 0.6 is 0 Å². The number of hydrogen-bond donors (Lipinski definition) is 1. The summed E-state index contributed by atoms with van der Waals surface area (Å²) < 4.78 is 0. The van der Waals surface area contributed by atoms with Crippen LogP contribution < -0.4 is 5.73 Å². The third kappa shape index (κ3) is 3.70. The molecule has 0 bridgehead atoms. The highest BCUT2D eigenvalue weighted by Gasteiger charge is 2.34. The van der Waals surface area contributed by atoms with Gasteiger partial charge in [-0.25, -0.2) is 0 Å². The van der Waals surface area contributed by atoms with Crippen molar-refractivity contribution in [1.82, 2.24) is 4.90 Å². The van der Waals surface area contributed by atoms with Crippen molar-refractivity contribution in [2.24, 2.45) is 11.7 Å². The van der Waals surface area contributed by atoms with Crippen molar-refractivity contribution in [3.05, 3.63) is 0 Å². The summed E-state index contributed by atoms with van der Waals surface area (Å²) in [5, 5.41) is 0. The van der Waals surface area contributed by atoms with Gasteiger partial charge in [-0.3, -0.25) is 4.79 Å². The summed E-state index contributed by atoms with van der Waals surface area (Å²) in [5.74, 6) is 1.07. The van der Waals surface area contributed by atoms with E-state index in [-0.39, 0.29) is 5.54 Å². The molecule has 0 unspecified atom stereocenters. The van der Waals surface area contributed by atoms with Crippen molar-refractivity contribution in [2.75, 3.05) is 13.1 Å². The lowest BCUT2D eigenvalue weighted by Gasteiger charge is -2.28. The zero-order valence-corrected chi connectivity index (χ0v) is 11.1. The van der Waals surface area contributed by atoms with E-state index >= 15 is 0 Å². The van der Waals surface area contributed by atoms with Gasteiger partial charge in [-0.1, -0.05) is 19.8 Å². The Kier molecular flexibility index (Phi) is 4.08. The van der Waals surface area contributed by atoms with Gasteiger partial charge in [0, 0.05) is 25.0 Å². The van der Waals surface area contributed by atoms with E-state index in [4.69, 9.17) is 5.73 Å². The molecule has 2 rings (SSSR count). The maximum Gasteiger partial charge on any atom is 0.224 e. The molecule has 2 N–H and O–H groups in total. The highest BCUT2D eigenvalue weighted by atomic mass is 16.2. The predicted molar refractivity (Wildman–Crippen MR) is 69.6 cm³/mol. The van der Waals surface area contributed by atoms with Gasteiger partial charge in [0.05, 0.1) is 0 Å². The Hall–Kier alpha value is -0.570. The monoisotopic (exact) mass is 238 g/mol. The maximum atomic E-state index is 12.3. The van der Waals surface area contributed by atoms with Gasteiger partial charge in [0.25, 0.3) is 0 Å². The first kappa shape index (κ1) is 12.9.